The minimum atomic E-state index is 0.231. The molecule has 0 aliphatic heterocycles. The maximum Gasteiger partial charge on any atom is 0.234 e. The average molecular weight is 211 g/mol. The second-order valence-electron chi connectivity index (χ2n) is 1.89. The van der Waals surface area contributed by atoms with E-state index in [9.17, 15) is 9.59 Å². The van der Waals surface area contributed by atoms with Crippen molar-refractivity contribution in [3.05, 3.63) is 33.8 Å². The zero-order valence-electron chi connectivity index (χ0n) is 5.43. The molecule has 2 nitrogen and oxygen atoms in total. The zero-order valence-corrected chi connectivity index (χ0v) is 7.01. The van der Waals surface area contributed by atoms with Gasteiger partial charge in [-0.1, -0.05) is 15.9 Å². The number of rotatable bonds is 2. The molecule has 1 rings (SSSR count). The van der Waals surface area contributed by atoms with Crippen LogP contribution >= 0.6 is 15.9 Å². The molecule has 0 N–H and O–H groups in total. The number of hydrogen-bond acceptors (Lipinski definition) is 2. The molecule has 0 spiro atoms. The van der Waals surface area contributed by atoms with Gasteiger partial charge in [-0.15, -0.1) is 0 Å². The Balaban J connectivity index is 3.26. The molecule has 1 aromatic rings. The minimum Gasteiger partial charge on any atom is -0.285 e. The fourth-order valence-corrected chi connectivity index (χ4v) is 1.05. The van der Waals surface area contributed by atoms with E-state index in [1.165, 1.54) is 12.1 Å². The van der Waals surface area contributed by atoms with Gasteiger partial charge in [-0.3, -0.25) is 9.59 Å². The molecule has 0 heterocycles. The first kappa shape index (κ1) is 8.14. The third kappa shape index (κ3) is 1.74. The lowest BCUT2D eigenvalue weighted by Crippen LogP contribution is -1.89. The summed E-state index contributed by atoms with van der Waals surface area (Å²) in [4.78, 5) is 20.4. The molecule has 0 aliphatic rings. The van der Waals surface area contributed by atoms with Crippen molar-refractivity contribution in [3.8, 4) is 0 Å². The lowest BCUT2D eigenvalue weighted by Gasteiger charge is -1.93. The second-order valence-corrected chi connectivity index (χ2v) is 2.81. The van der Waals surface area contributed by atoms with Gasteiger partial charge in [0, 0.05) is 15.6 Å². The predicted octanol–water partition coefficient (Wildman–Crippen LogP) is 1.36. The van der Waals surface area contributed by atoms with Gasteiger partial charge in [0.05, 0.1) is 0 Å². The number of carbonyl (C=O) groups excluding carboxylic acids is 2. The Hall–Kier alpha value is -0.960. The topological polar surface area (TPSA) is 34.1 Å². The van der Waals surface area contributed by atoms with Crippen LogP contribution in [0.3, 0.4) is 0 Å². The number of hydrogen-bond donors (Lipinski definition) is 0. The molecule has 0 aliphatic carbocycles. The summed E-state index contributed by atoms with van der Waals surface area (Å²) in [6.07, 6.45) is 3.29. The highest BCUT2D eigenvalue weighted by atomic mass is 79.9. The first-order chi connectivity index (χ1) is 5.27. The normalized spacial score (nSPS) is 9.18. The third-order valence-electron chi connectivity index (χ3n) is 1.20. The Morgan fingerprint density at radius 1 is 1.09 bits per heavy atom. The van der Waals surface area contributed by atoms with Crippen LogP contribution in [0.15, 0.2) is 22.7 Å². The Morgan fingerprint density at radius 2 is 1.73 bits per heavy atom. The van der Waals surface area contributed by atoms with Gasteiger partial charge in [0.25, 0.3) is 0 Å². The summed E-state index contributed by atoms with van der Waals surface area (Å²) in [5, 5.41) is 0. The standard InChI is InChI=1S/C8H3BrO2/c9-8-2-1-6(4-10)7(3-8)5-11/h1-3H. The van der Waals surface area contributed by atoms with E-state index in [2.05, 4.69) is 15.9 Å². The van der Waals surface area contributed by atoms with E-state index >= 15 is 0 Å². The third-order valence-corrected chi connectivity index (χ3v) is 1.69. The fraction of sp³-hybridized carbons (Fsp3) is 0. The van der Waals surface area contributed by atoms with Crippen molar-refractivity contribution in [3.63, 3.8) is 0 Å². The van der Waals surface area contributed by atoms with Gasteiger partial charge in [-0.05, 0) is 18.2 Å². The molecule has 0 aromatic heterocycles. The van der Waals surface area contributed by atoms with Crippen LogP contribution in [0, 0.1) is 0 Å². The van der Waals surface area contributed by atoms with Crippen LogP contribution in [0.1, 0.15) is 11.1 Å². The average Bonchev–Trinajstić information content (AvgIpc) is 2.04. The van der Waals surface area contributed by atoms with Crippen LogP contribution in [0.5, 0.6) is 0 Å². The summed E-state index contributed by atoms with van der Waals surface area (Å²) < 4.78 is 0.745. The highest BCUT2D eigenvalue weighted by Crippen LogP contribution is 2.13. The van der Waals surface area contributed by atoms with Crippen LogP contribution in [0.4, 0.5) is 0 Å². The number of halogens is 1. The first-order valence-electron chi connectivity index (χ1n) is 2.84. The maximum absolute atomic E-state index is 10.2. The van der Waals surface area contributed by atoms with Gasteiger partial charge in [0.15, 0.2) is 0 Å². The van der Waals surface area contributed by atoms with Gasteiger partial charge < -0.3 is 0 Å². The molecule has 0 unspecified atom stereocenters. The maximum atomic E-state index is 10.2. The Kier molecular flexibility index (Phi) is 2.54. The Morgan fingerprint density at radius 3 is 2.27 bits per heavy atom. The van der Waals surface area contributed by atoms with E-state index in [4.69, 9.17) is 0 Å². The molecule has 0 saturated carbocycles. The molecule has 54 valence electrons. The van der Waals surface area contributed by atoms with Crippen molar-refractivity contribution in [1.29, 1.82) is 0 Å². The summed E-state index contributed by atoms with van der Waals surface area (Å²) in [5.74, 6) is 0. The van der Waals surface area contributed by atoms with Crippen LogP contribution in [-0.2, 0) is 9.59 Å². The van der Waals surface area contributed by atoms with Crippen molar-refractivity contribution in [2.45, 2.75) is 0 Å². The van der Waals surface area contributed by atoms with E-state index < -0.39 is 0 Å². The first-order valence-corrected chi connectivity index (χ1v) is 3.63. The van der Waals surface area contributed by atoms with E-state index in [1.807, 2.05) is 0 Å². The lowest BCUT2D eigenvalue weighted by molar-refractivity contribution is 0.558. The monoisotopic (exact) mass is 210 g/mol. The van der Waals surface area contributed by atoms with Crippen LogP contribution in [-0.4, -0.2) is 12.6 Å². The second kappa shape index (κ2) is 3.44. The Labute approximate surface area is 72.4 Å². The van der Waals surface area contributed by atoms with Gasteiger partial charge in [-0.2, -0.15) is 0 Å². The van der Waals surface area contributed by atoms with Crippen molar-refractivity contribution >= 4 is 28.5 Å². The molecule has 0 amide bonds. The minimum absolute atomic E-state index is 0.231. The molecule has 1 aromatic carbocycles. The van der Waals surface area contributed by atoms with E-state index in [-0.39, 0.29) is 11.1 Å². The van der Waals surface area contributed by atoms with Crippen LogP contribution in [0.25, 0.3) is 0 Å². The van der Waals surface area contributed by atoms with Gasteiger partial charge in [0.1, 0.15) is 0 Å². The molecule has 0 bridgehead atoms. The molecular weight excluding hydrogens is 208 g/mol. The van der Waals surface area contributed by atoms with E-state index in [1.54, 1.807) is 18.6 Å². The van der Waals surface area contributed by atoms with Crippen LogP contribution in [0.2, 0.25) is 0 Å². The molecule has 0 atom stereocenters. The summed E-state index contributed by atoms with van der Waals surface area (Å²) >= 11 is 3.16. The summed E-state index contributed by atoms with van der Waals surface area (Å²) in [5.41, 5.74) is 0.470. The largest absolute Gasteiger partial charge is 0.285 e. The zero-order chi connectivity index (χ0) is 8.27. The molecule has 2 radical (unpaired) electrons. The van der Waals surface area contributed by atoms with Gasteiger partial charge in [-0.25, -0.2) is 0 Å². The number of benzene rings is 1. The quantitative estimate of drug-likeness (QED) is 0.740. The molecule has 0 fully saturated rings. The highest BCUT2D eigenvalue weighted by molar-refractivity contribution is 9.10. The highest BCUT2D eigenvalue weighted by Gasteiger charge is 2.01. The van der Waals surface area contributed by atoms with Crippen molar-refractivity contribution in [2.75, 3.05) is 0 Å². The Bertz CT molecular complexity index is 294. The molecule has 3 heteroatoms. The van der Waals surface area contributed by atoms with Crippen LogP contribution < -0.4 is 0 Å². The molecular formula is C8H3BrO2. The van der Waals surface area contributed by atoms with E-state index in [0.717, 1.165) is 4.47 Å². The fourth-order valence-electron chi connectivity index (χ4n) is 0.690. The smallest absolute Gasteiger partial charge is 0.234 e. The summed E-state index contributed by atoms with van der Waals surface area (Å²) in [6.45, 7) is 0. The lowest BCUT2D eigenvalue weighted by atomic mass is 10.1. The summed E-state index contributed by atoms with van der Waals surface area (Å²) in [6, 6.07) is 4.70. The predicted molar refractivity (Wildman–Crippen MR) is 43.7 cm³/mol. The van der Waals surface area contributed by atoms with Crippen molar-refractivity contribution < 1.29 is 9.59 Å². The van der Waals surface area contributed by atoms with Gasteiger partial charge in [0.2, 0.25) is 12.6 Å². The van der Waals surface area contributed by atoms with E-state index in [0.29, 0.717) is 0 Å². The molecule has 0 saturated heterocycles. The van der Waals surface area contributed by atoms with Gasteiger partial charge >= 0.3 is 0 Å². The SMILES string of the molecule is O=[C]c1ccc(Br)cc1[C]=O. The summed E-state index contributed by atoms with van der Waals surface area (Å²) in [7, 11) is 0. The van der Waals surface area contributed by atoms with Crippen molar-refractivity contribution in [2.24, 2.45) is 0 Å². The molecule has 11 heavy (non-hydrogen) atoms. The van der Waals surface area contributed by atoms with Crippen molar-refractivity contribution in [1.82, 2.24) is 0 Å².